The number of rotatable bonds is 8. The molecule has 0 amide bonds. The van der Waals surface area contributed by atoms with Gasteiger partial charge in [0.05, 0.1) is 18.8 Å². The van der Waals surface area contributed by atoms with E-state index in [1.807, 2.05) is 6.07 Å². The highest BCUT2D eigenvalue weighted by molar-refractivity contribution is 5.83. The Labute approximate surface area is 263 Å². The van der Waals surface area contributed by atoms with E-state index in [2.05, 4.69) is 48.1 Å². The first kappa shape index (κ1) is 30.7. The van der Waals surface area contributed by atoms with Gasteiger partial charge >= 0.3 is 5.63 Å². The predicted molar refractivity (Wildman–Crippen MR) is 176 cm³/mol. The van der Waals surface area contributed by atoms with Crippen LogP contribution in [0.5, 0.6) is 0 Å². The van der Waals surface area contributed by atoms with Crippen LogP contribution >= 0.6 is 0 Å². The lowest BCUT2D eigenvalue weighted by Crippen LogP contribution is -2.54. The van der Waals surface area contributed by atoms with E-state index in [9.17, 15) is 9.90 Å². The Balaban J connectivity index is 0.902. The van der Waals surface area contributed by atoms with Gasteiger partial charge in [0, 0.05) is 55.9 Å². The van der Waals surface area contributed by atoms with Gasteiger partial charge in [0.2, 0.25) is 0 Å². The fourth-order valence-electron chi connectivity index (χ4n) is 10.8. The Bertz CT molecular complexity index is 1370. The van der Waals surface area contributed by atoms with Gasteiger partial charge in [-0.1, -0.05) is 13.8 Å². The van der Waals surface area contributed by atoms with Crippen molar-refractivity contribution in [1.29, 1.82) is 0 Å². The molecule has 7 rings (SSSR count). The third kappa shape index (κ3) is 5.65. The Morgan fingerprint density at radius 1 is 0.955 bits per heavy atom. The minimum atomic E-state index is -0.270. The molecule has 0 spiro atoms. The molecular weight excluding hydrogens is 550 g/mol. The fraction of sp³-hybridized carbons (Fsp3) is 0.757. The lowest BCUT2D eigenvalue weighted by molar-refractivity contribution is -0.140. The quantitative estimate of drug-likeness (QED) is 0.305. The summed E-state index contributed by atoms with van der Waals surface area (Å²) < 4.78 is 12.3. The maximum atomic E-state index is 12.4. The second-order valence-electron chi connectivity index (χ2n) is 15.6. The number of hydrogen-bond acceptors (Lipinski definition) is 7. The molecule has 1 saturated heterocycles. The molecule has 7 heteroatoms. The zero-order valence-corrected chi connectivity index (χ0v) is 27.4. The van der Waals surface area contributed by atoms with Crippen LogP contribution in [0, 0.1) is 34.5 Å². The van der Waals surface area contributed by atoms with Crippen LogP contribution in [0.4, 0.5) is 5.69 Å². The summed E-state index contributed by atoms with van der Waals surface area (Å²) in [6.07, 6.45) is 12.2. The lowest BCUT2D eigenvalue weighted by Gasteiger charge is -2.60. The lowest BCUT2D eigenvalue weighted by atomic mass is 9.45. The van der Waals surface area contributed by atoms with Crippen LogP contribution in [0.15, 0.2) is 33.5 Å². The second-order valence-corrected chi connectivity index (χ2v) is 15.6. The number of aliphatic hydroxyl groups is 1. The molecule has 1 aliphatic heterocycles. The van der Waals surface area contributed by atoms with Crippen molar-refractivity contribution in [1.82, 2.24) is 10.2 Å². The summed E-state index contributed by atoms with van der Waals surface area (Å²) in [5, 5.41) is 15.0. The number of aliphatic hydroxyl groups excluding tert-OH is 1. The van der Waals surface area contributed by atoms with Gasteiger partial charge in [0.15, 0.2) is 0 Å². The number of fused-ring (bicyclic) bond motifs is 6. The maximum Gasteiger partial charge on any atom is 0.336 e. The minimum absolute atomic E-state index is 0.0662. The summed E-state index contributed by atoms with van der Waals surface area (Å²) in [7, 11) is 2.16. The number of ether oxygens (including phenoxy) is 1. The van der Waals surface area contributed by atoms with Crippen LogP contribution < -0.4 is 15.8 Å². The minimum Gasteiger partial charge on any atom is -0.423 e. The molecule has 242 valence electrons. The average Bonchev–Trinajstić information content (AvgIpc) is 3.35. The third-order valence-electron chi connectivity index (χ3n) is 13.4. The van der Waals surface area contributed by atoms with Gasteiger partial charge in [-0.15, -0.1) is 0 Å². The van der Waals surface area contributed by atoms with E-state index in [1.54, 1.807) is 6.07 Å². The number of piperazine rings is 1. The summed E-state index contributed by atoms with van der Waals surface area (Å²) in [5.41, 5.74) is 3.34. The van der Waals surface area contributed by atoms with E-state index < -0.39 is 0 Å². The van der Waals surface area contributed by atoms with Gasteiger partial charge in [-0.2, -0.15) is 0 Å². The zero-order valence-electron chi connectivity index (χ0n) is 27.4. The molecule has 4 saturated carbocycles. The molecule has 1 aromatic carbocycles. The molecular formula is C37H55N3O4. The van der Waals surface area contributed by atoms with Crippen LogP contribution in [-0.2, 0) is 11.2 Å². The van der Waals surface area contributed by atoms with Crippen molar-refractivity contribution in [2.75, 3.05) is 57.8 Å². The highest BCUT2D eigenvalue weighted by atomic mass is 16.5. The molecule has 7 nitrogen and oxygen atoms in total. The Morgan fingerprint density at radius 3 is 2.59 bits per heavy atom. The van der Waals surface area contributed by atoms with Crippen LogP contribution in [0.2, 0.25) is 0 Å². The summed E-state index contributed by atoms with van der Waals surface area (Å²) in [5.74, 6) is 3.19. The molecule has 44 heavy (non-hydrogen) atoms. The van der Waals surface area contributed by atoms with Gasteiger partial charge < -0.3 is 29.4 Å². The van der Waals surface area contributed by atoms with Gasteiger partial charge in [0.25, 0.3) is 0 Å². The normalized spacial score (nSPS) is 37.5. The highest BCUT2D eigenvalue weighted by Gasteiger charge is 2.60. The van der Waals surface area contributed by atoms with Gasteiger partial charge in [-0.3, -0.25) is 0 Å². The van der Waals surface area contributed by atoms with Crippen molar-refractivity contribution in [2.24, 2.45) is 34.5 Å². The van der Waals surface area contributed by atoms with E-state index in [0.717, 1.165) is 105 Å². The van der Waals surface area contributed by atoms with Crippen molar-refractivity contribution in [3.05, 3.63) is 40.2 Å². The van der Waals surface area contributed by atoms with E-state index >= 15 is 0 Å². The molecule has 2 aromatic rings. The zero-order chi connectivity index (χ0) is 30.5. The van der Waals surface area contributed by atoms with E-state index in [4.69, 9.17) is 9.15 Å². The van der Waals surface area contributed by atoms with Crippen LogP contribution in [0.3, 0.4) is 0 Å². The van der Waals surface area contributed by atoms with Crippen molar-refractivity contribution in [2.45, 2.75) is 90.3 Å². The number of nitrogens with zero attached hydrogens (tertiary/aromatic N) is 2. The van der Waals surface area contributed by atoms with Gasteiger partial charge in [0.1, 0.15) is 5.58 Å². The third-order valence-corrected chi connectivity index (χ3v) is 13.4. The monoisotopic (exact) mass is 605 g/mol. The molecule has 2 heterocycles. The molecule has 8 atom stereocenters. The summed E-state index contributed by atoms with van der Waals surface area (Å²) >= 11 is 0. The number of likely N-dealkylation sites (N-methyl/N-ethyl adjacent to an activating group) is 1. The number of hydrogen-bond donors (Lipinski definition) is 2. The van der Waals surface area contributed by atoms with Crippen molar-refractivity contribution < 1.29 is 14.3 Å². The number of nitrogens with one attached hydrogen (secondary N) is 1. The first-order chi connectivity index (χ1) is 21.2. The van der Waals surface area contributed by atoms with Gasteiger partial charge in [-0.05, 0) is 130 Å². The smallest absolute Gasteiger partial charge is 0.336 e. The first-order valence-electron chi connectivity index (χ1n) is 17.8. The number of anilines is 1. The Hall–Kier alpha value is -1.93. The van der Waals surface area contributed by atoms with Crippen molar-refractivity contribution in [3.8, 4) is 0 Å². The van der Waals surface area contributed by atoms with Crippen LogP contribution in [0.1, 0.15) is 77.2 Å². The van der Waals surface area contributed by atoms with Crippen LogP contribution in [-0.4, -0.2) is 75.1 Å². The number of benzene rings is 1. The molecule has 0 unspecified atom stereocenters. The fourth-order valence-corrected chi connectivity index (χ4v) is 10.8. The standard InChI is InChI=1S/C37H55N3O4/c1-36-13-10-28(41)23-26(36)4-6-30-31-8-9-34(37(31,2)14-11-32(30)36)43-21-16-38-15-12-25-22-35(42)44-33-24-27(5-7-29(25)33)40-19-17-39(3)18-20-40/h5,7,22,24,26,28,30-32,34,38,41H,4,6,8-21,23H2,1-3H3/t26-,28+,30-,31-,32-,34-,36-,37-/m0/s1. The largest absolute Gasteiger partial charge is 0.423 e. The van der Waals surface area contributed by atoms with Gasteiger partial charge in [-0.25, -0.2) is 4.79 Å². The predicted octanol–water partition coefficient (Wildman–Crippen LogP) is 5.47. The van der Waals surface area contributed by atoms with E-state index in [0.29, 0.717) is 22.5 Å². The maximum absolute atomic E-state index is 12.4. The Kier molecular flexibility index (Phi) is 8.62. The highest BCUT2D eigenvalue weighted by Crippen LogP contribution is 2.66. The molecule has 0 radical (unpaired) electrons. The molecule has 5 aliphatic rings. The molecule has 1 aromatic heterocycles. The second kappa shape index (κ2) is 12.4. The summed E-state index contributed by atoms with van der Waals surface area (Å²) in [4.78, 5) is 17.1. The first-order valence-corrected chi connectivity index (χ1v) is 17.8. The molecule has 2 N–H and O–H groups in total. The summed E-state index contributed by atoms with van der Waals surface area (Å²) in [6.45, 7) is 11.6. The van der Waals surface area contributed by atoms with E-state index in [1.165, 1.54) is 44.9 Å². The Morgan fingerprint density at radius 2 is 1.75 bits per heavy atom. The van der Waals surface area contributed by atoms with Crippen molar-refractivity contribution >= 4 is 16.7 Å². The molecule has 4 aliphatic carbocycles. The SMILES string of the molecule is CN1CCN(c2ccc3c(CCNCCO[C@H]4CC[C@H]5[C@@H]6CC[C@H]7C[C@H](O)CC[C@]7(C)[C@H]6CC[C@]45C)cc(=O)oc3c2)CC1. The molecule has 0 bridgehead atoms. The van der Waals surface area contributed by atoms with E-state index in [-0.39, 0.29) is 11.7 Å². The molecule has 5 fully saturated rings. The summed E-state index contributed by atoms with van der Waals surface area (Å²) in [6, 6.07) is 8.00. The van der Waals surface area contributed by atoms with Crippen molar-refractivity contribution in [3.63, 3.8) is 0 Å². The average molecular weight is 606 g/mol. The van der Waals surface area contributed by atoms with Crippen LogP contribution in [0.25, 0.3) is 11.0 Å². The topological polar surface area (TPSA) is 78.2 Å².